The Morgan fingerprint density at radius 1 is 1.00 bits per heavy atom. The molecule has 0 aromatic heterocycles. The van der Waals surface area contributed by atoms with Crippen LogP contribution in [0.4, 0.5) is 0 Å². The van der Waals surface area contributed by atoms with Gasteiger partial charge in [-0.1, -0.05) is 40.5 Å². The van der Waals surface area contributed by atoms with Crippen molar-refractivity contribution in [1.29, 1.82) is 0 Å². The minimum Gasteiger partial charge on any atom is -0.385 e. The number of aliphatic hydroxyl groups excluding tert-OH is 1. The van der Waals surface area contributed by atoms with Crippen LogP contribution in [0.2, 0.25) is 0 Å². The Labute approximate surface area is 121 Å². The van der Waals surface area contributed by atoms with Crippen molar-refractivity contribution >= 4 is 11.6 Å². The molecule has 0 aliphatic heterocycles. The van der Waals surface area contributed by atoms with Crippen LogP contribution in [0.1, 0.15) is 66.2 Å². The highest BCUT2D eigenvalue weighted by atomic mass is 16.5. The third kappa shape index (κ3) is 4.36. The molecule has 0 saturated carbocycles. The van der Waals surface area contributed by atoms with E-state index in [2.05, 4.69) is 0 Å². The van der Waals surface area contributed by atoms with Gasteiger partial charge in [0.15, 0.2) is 11.6 Å². The molecule has 0 rings (SSSR count). The van der Waals surface area contributed by atoms with Crippen molar-refractivity contribution in [3.63, 3.8) is 0 Å². The summed E-state index contributed by atoms with van der Waals surface area (Å²) >= 11 is 0. The van der Waals surface area contributed by atoms with E-state index in [-0.39, 0.29) is 12.8 Å². The van der Waals surface area contributed by atoms with Gasteiger partial charge in [0.2, 0.25) is 5.79 Å². The van der Waals surface area contributed by atoms with Crippen molar-refractivity contribution in [3.05, 3.63) is 0 Å². The maximum atomic E-state index is 11.9. The predicted molar refractivity (Wildman–Crippen MR) is 76.0 cm³/mol. The smallest absolute Gasteiger partial charge is 0.232 e. The summed E-state index contributed by atoms with van der Waals surface area (Å²) in [6, 6.07) is 0. The second-order valence-electron chi connectivity index (χ2n) is 5.89. The highest BCUT2D eigenvalue weighted by molar-refractivity contribution is 5.89. The summed E-state index contributed by atoms with van der Waals surface area (Å²) in [6.45, 7) is 6.45. The SMILES string of the molecule is CCCCC(=O)C(O)C(C)(C)C(O)(O)C(=O)CCCC. The second-order valence-corrected chi connectivity index (χ2v) is 5.89. The Morgan fingerprint density at radius 3 is 1.90 bits per heavy atom. The van der Waals surface area contributed by atoms with Gasteiger partial charge in [-0.2, -0.15) is 0 Å². The van der Waals surface area contributed by atoms with E-state index in [4.69, 9.17) is 0 Å². The van der Waals surface area contributed by atoms with Crippen LogP contribution in [0, 0.1) is 5.41 Å². The lowest BCUT2D eigenvalue weighted by Gasteiger charge is -2.39. The number of carbonyl (C=O) groups excluding carboxylic acids is 2. The van der Waals surface area contributed by atoms with E-state index in [0.29, 0.717) is 12.8 Å². The third-order valence-electron chi connectivity index (χ3n) is 3.81. The number of Topliss-reactive ketones (excluding diaryl/α,β-unsaturated/α-hetero) is 2. The first-order chi connectivity index (χ1) is 9.12. The van der Waals surface area contributed by atoms with Crippen LogP contribution >= 0.6 is 0 Å². The van der Waals surface area contributed by atoms with Crippen molar-refractivity contribution < 1.29 is 24.9 Å². The van der Waals surface area contributed by atoms with Crippen LogP contribution in [-0.4, -0.2) is 38.8 Å². The molecule has 5 nitrogen and oxygen atoms in total. The van der Waals surface area contributed by atoms with Gasteiger partial charge in [0.1, 0.15) is 6.10 Å². The fraction of sp³-hybridized carbons (Fsp3) is 0.867. The molecule has 20 heavy (non-hydrogen) atoms. The molecule has 0 aromatic rings. The molecule has 0 aliphatic rings. The monoisotopic (exact) mass is 288 g/mol. The molecule has 3 N–H and O–H groups in total. The number of rotatable bonds is 10. The van der Waals surface area contributed by atoms with Crippen molar-refractivity contribution in [2.45, 2.75) is 78.1 Å². The zero-order valence-corrected chi connectivity index (χ0v) is 13.0. The Hall–Kier alpha value is -0.780. The van der Waals surface area contributed by atoms with Gasteiger partial charge in [0.05, 0.1) is 5.41 Å². The number of unbranched alkanes of at least 4 members (excludes halogenated alkanes) is 2. The topological polar surface area (TPSA) is 94.8 Å². The lowest BCUT2D eigenvalue weighted by atomic mass is 9.73. The highest BCUT2D eigenvalue weighted by Crippen LogP contribution is 2.35. The predicted octanol–water partition coefficient (Wildman–Crippen LogP) is 1.57. The summed E-state index contributed by atoms with van der Waals surface area (Å²) in [4.78, 5) is 23.7. The minimum atomic E-state index is -2.70. The molecular weight excluding hydrogens is 260 g/mol. The van der Waals surface area contributed by atoms with Gasteiger partial charge in [-0.25, -0.2) is 0 Å². The average molecular weight is 288 g/mol. The maximum Gasteiger partial charge on any atom is 0.232 e. The van der Waals surface area contributed by atoms with E-state index >= 15 is 0 Å². The van der Waals surface area contributed by atoms with Gasteiger partial charge in [0.25, 0.3) is 0 Å². The average Bonchev–Trinajstić information content (AvgIpc) is 2.40. The maximum absolute atomic E-state index is 11.9. The molecule has 0 saturated heterocycles. The second kappa shape index (κ2) is 7.86. The fourth-order valence-corrected chi connectivity index (χ4v) is 1.95. The largest absolute Gasteiger partial charge is 0.385 e. The lowest BCUT2D eigenvalue weighted by molar-refractivity contribution is -0.243. The molecule has 5 heteroatoms. The third-order valence-corrected chi connectivity index (χ3v) is 3.81. The number of hydrogen-bond acceptors (Lipinski definition) is 5. The Morgan fingerprint density at radius 2 is 1.45 bits per heavy atom. The number of hydrogen-bond donors (Lipinski definition) is 3. The van der Waals surface area contributed by atoms with Crippen LogP contribution in [0.25, 0.3) is 0 Å². The molecule has 1 atom stereocenters. The summed E-state index contributed by atoms with van der Waals surface area (Å²) in [7, 11) is 0. The van der Waals surface area contributed by atoms with E-state index in [9.17, 15) is 24.9 Å². The van der Waals surface area contributed by atoms with Crippen LogP contribution in [0.15, 0.2) is 0 Å². The highest BCUT2D eigenvalue weighted by Gasteiger charge is 2.53. The van der Waals surface area contributed by atoms with E-state index in [1.54, 1.807) is 0 Å². The van der Waals surface area contributed by atoms with E-state index < -0.39 is 28.9 Å². The van der Waals surface area contributed by atoms with Crippen molar-refractivity contribution in [2.24, 2.45) is 5.41 Å². The molecule has 0 radical (unpaired) electrons. The molecule has 0 spiro atoms. The van der Waals surface area contributed by atoms with Crippen LogP contribution in [0.3, 0.4) is 0 Å². The van der Waals surface area contributed by atoms with Gasteiger partial charge in [-0.15, -0.1) is 0 Å². The van der Waals surface area contributed by atoms with Gasteiger partial charge in [-0.05, 0) is 12.8 Å². The first kappa shape index (κ1) is 19.2. The number of carbonyl (C=O) groups is 2. The van der Waals surface area contributed by atoms with E-state index in [0.717, 1.165) is 12.8 Å². The first-order valence-electron chi connectivity index (χ1n) is 7.31. The van der Waals surface area contributed by atoms with Crippen LogP contribution in [0.5, 0.6) is 0 Å². The van der Waals surface area contributed by atoms with Gasteiger partial charge in [-0.3, -0.25) is 9.59 Å². The van der Waals surface area contributed by atoms with Gasteiger partial charge >= 0.3 is 0 Å². The molecule has 0 amide bonds. The summed E-state index contributed by atoms with van der Waals surface area (Å²) in [6.07, 6.45) is 1.33. The van der Waals surface area contributed by atoms with Crippen LogP contribution < -0.4 is 0 Å². The lowest BCUT2D eigenvalue weighted by Crippen LogP contribution is -2.58. The molecular formula is C15H28O5. The number of aliphatic hydroxyl groups is 3. The Kier molecular flexibility index (Phi) is 7.55. The first-order valence-corrected chi connectivity index (χ1v) is 7.31. The molecule has 0 fully saturated rings. The summed E-state index contributed by atoms with van der Waals surface area (Å²) < 4.78 is 0. The summed E-state index contributed by atoms with van der Waals surface area (Å²) in [5.74, 6) is -3.93. The van der Waals surface area contributed by atoms with Crippen molar-refractivity contribution in [1.82, 2.24) is 0 Å². The van der Waals surface area contributed by atoms with Crippen molar-refractivity contribution in [2.75, 3.05) is 0 Å². The quantitative estimate of drug-likeness (QED) is 0.530. The molecule has 0 aromatic carbocycles. The van der Waals surface area contributed by atoms with Crippen LogP contribution in [-0.2, 0) is 9.59 Å². The van der Waals surface area contributed by atoms with Crippen molar-refractivity contribution in [3.8, 4) is 0 Å². The zero-order valence-electron chi connectivity index (χ0n) is 13.0. The number of ketones is 2. The normalized spacial score (nSPS) is 14.2. The Balaban J connectivity index is 4.98. The Bertz CT molecular complexity index is 333. The van der Waals surface area contributed by atoms with Gasteiger partial charge in [0, 0.05) is 12.8 Å². The molecule has 118 valence electrons. The zero-order chi connectivity index (χ0) is 16.0. The van der Waals surface area contributed by atoms with Gasteiger partial charge < -0.3 is 15.3 Å². The molecule has 0 bridgehead atoms. The minimum absolute atomic E-state index is 0.0167. The summed E-state index contributed by atoms with van der Waals surface area (Å²) in [5.41, 5.74) is -1.64. The van der Waals surface area contributed by atoms with E-state index in [1.165, 1.54) is 13.8 Å². The molecule has 0 aliphatic carbocycles. The summed E-state index contributed by atoms with van der Waals surface area (Å²) in [5, 5.41) is 30.2. The standard InChI is InChI=1S/C15H28O5/c1-5-7-9-11(16)13(18)14(3,4)15(19,20)12(17)10-8-6-2/h13,18-20H,5-10H2,1-4H3. The molecule has 0 heterocycles. The van der Waals surface area contributed by atoms with E-state index in [1.807, 2.05) is 13.8 Å². The molecule has 1 unspecified atom stereocenters. The fourth-order valence-electron chi connectivity index (χ4n) is 1.95.